The van der Waals surface area contributed by atoms with E-state index in [0.717, 1.165) is 31.8 Å². The van der Waals surface area contributed by atoms with Crippen LogP contribution >= 0.6 is 0 Å². The molecule has 4 rings (SSSR count). The number of carbonyl (C=O) groups is 1. The quantitative estimate of drug-likeness (QED) is 0.732. The summed E-state index contributed by atoms with van der Waals surface area (Å²) in [6, 6.07) is 10.9. The maximum atomic E-state index is 12.0. The minimum atomic E-state index is -0.545. The molecule has 1 aromatic heterocycles. The molecule has 0 unspecified atom stereocenters. The molecule has 2 fully saturated rings. The van der Waals surface area contributed by atoms with Gasteiger partial charge in [0, 0.05) is 19.6 Å². The van der Waals surface area contributed by atoms with Crippen molar-refractivity contribution in [2.45, 2.75) is 32.0 Å². The summed E-state index contributed by atoms with van der Waals surface area (Å²) in [7, 11) is 1.36. The van der Waals surface area contributed by atoms with Gasteiger partial charge >= 0.3 is 5.97 Å². The molecule has 2 aromatic rings. The SMILES string of the molecule is COC(=O)c1ccccc1O[C@@H]1C[C@@H]2CN(C/C(C)=C/c3ccco3)C[C@@H]2C[C@H]1O. The number of fused-ring (bicyclic) bond motifs is 1. The van der Waals surface area contributed by atoms with Crippen molar-refractivity contribution < 1.29 is 23.8 Å². The van der Waals surface area contributed by atoms with Gasteiger partial charge in [-0.25, -0.2) is 4.79 Å². The van der Waals surface area contributed by atoms with Gasteiger partial charge in [-0.1, -0.05) is 17.7 Å². The predicted octanol–water partition coefficient (Wildman–Crippen LogP) is 3.62. The van der Waals surface area contributed by atoms with Gasteiger partial charge in [0.2, 0.25) is 0 Å². The zero-order valence-corrected chi connectivity index (χ0v) is 17.5. The third-order valence-electron chi connectivity index (χ3n) is 6.14. The first-order valence-corrected chi connectivity index (χ1v) is 10.5. The molecule has 2 heterocycles. The van der Waals surface area contributed by atoms with Crippen LogP contribution in [0.5, 0.6) is 5.75 Å². The third kappa shape index (κ3) is 4.60. The van der Waals surface area contributed by atoms with Crippen molar-refractivity contribution in [2.24, 2.45) is 11.8 Å². The van der Waals surface area contributed by atoms with Crippen molar-refractivity contribution >= 4 is 12.0 Å². The molecule has 1 N–H and O–H groups in total. The molecule has 6 nitrogen and oxygen atoms in total. The van der Waals surface area contributed by atoms with Crippen LogP contribution in [0.15, 0.2) is 52.7 Å². The van der Waals surface area contributed by atoms with Crippen LogP contribution in [0, 0.1) is 11.8 Å². The molecule has 0 radical (unpaired) electrons. The molecule has 0 spiro atoms. The molecule has 30 heavy (non-hydrogen) atoms. The summed E-state index contributed by atoms with van der Waals surface area (Å²) in [5.74, 6) is 1.85. The minimum absolute atomic E-state index is 0.322. The van der Waals surface area contributed by atoms with Gasteiger partial charge in [0.25, 0.3) is 0 Å². The Bertz CT molecular complexity index is 891. The highest BCUT2D eigenvalue weighted by molar-refractivity contribution is 5.92. The van der Waals surface area contributed by atoms with Crippen molar-refractivity contribution in [1.82, 2.24) is 4.90 Å². The molecular formula is C24H29NO5. The number of furan rings is 1. The normalized spacial score (nSPS) is 27.0. The van der Waals surface area contributed by atoms with E-state index in [-0.39, 0.29) is 6.10 Å². The highest BCUT2D eigenvalue weighted by atomic mass is 16.5. The van der Waals surface area contributed by atoms with E-state index in [1.807, 2.05) is 18.2 Å². The molecule has 0 bridgehead atoms. The Hall–Kier alpha value is -2.57. The maximum Gasteiger partial charge on any atom is 0.341 e. The Balaban J connectivity index is 1.39. The molecule has 1 saturated carbocycles. The zero-order valence-electron chi connectivity index (χ0n) is 17.5. The number of aliphatic hydroxyl groups excluding tert-OH is 1. The van der Waals surface area contributed by atoms with Gasteiger partial charge in [-0.3, -0.25) is 4.90 Å². The fourth-order valence-corrected chi connectivity index (χ4v) is 4.77. The number of carbonyl (C=O) groups excluding carboxylic acids is 1. The predicted molar refractivity (Wildman–Crippen MR) is 113 cm³/mol. The number of likely N-dealkylation sites (tertiary alicyclic amines) is 1. The van der Waals surface area contributed by atoms with Gasteiger partial charge in [-0.15, -0.1) is 0 Å². The van der Waals surface area contributed by atoms with Crippen molar-refractivity contribution in [3.8, 4) is 5.75 Å². The summed E-state index contributed by atoms with van der Waals surface area (Å²) in [6.45, 7) is 4.98. The number of rotatable bonds is 6. The van der Waals surface area contributed by atoms with Gasteiger partial charge in [-0.2, -0.15) is 0 Å². The van der Waals surface area contributed by atoms with Crippen LogP contribution in [-0.4, -0.2) is 54.9 Å². The zero-order chi connectivity index (χ0) is 21.1. The first-order valence-electron chi connectivity index (χ1n) is 10.5. The average Bonchev–Trinajstić information content (AvgIpc) is 3.37. The molecule has 0 amide bonds. The van der Waals surface area contributed by atoms with Crippen molar-refractivity contribution in [1.29, 1.82) is 0 Å². The highest BCUT2D eigenvalue weighted by Gasteiger charge is 2.42. The number of benzene rings is 1. The monoisotopic (exact) mass is 411 g/mol. The number of hydrogen-bond acceptors (Lipinski definition) is 6. The maximum absolute atomic E-state index is 12.0. The Kier molecular flexibility index (Phi) is 6.25. The fourth-order valence-electron chi connectivity index (χ4n) is 4.77. The van der Waals surface area contributed by atoms with E-state index in [2.05, 4.69) is 17.9 Å². The van der Waals surface area contributed by atoms with E-state index >= 15 is 0 Å². The average molecular weight is 411 g/mol. The lowest BCUT2D eigenvalue weighted by molar-refractivity contribution is -0.0237. The summed E-state index contributed by atoms with van der Waals surface area (Å²) in [5, 5.41) is 10.7. The van der Waals surface area contributed by atoms with Crippen molar-refractivity contribution in [2.75, 3.05) is 26.7 Å². The smallest absolute Gasteiger partial charge is 0.341 e. The van der Waals surface area contributed by atoms with E-state index in [9.17, 15) is 9.90 Å². The summed E-state index contributed by atoms with van der Waals surface area (Å²) in [5.41, 5.74) is 1.64. The van der Waals surface area contributed by atoms with Gasteiger partial charge in [0.1, 0.15) is 23.2 Å². The van der Waals surface area contributed by atoms with Crippen LogP contribution in [-0.2, 0) is 4.74 Å². The van der Waals surface area contributed by atoms with E-state index in [4.69, 9.17) is 13.9 Å². The Morgan fingerprint density at radius 2 is 1.97 bits per heavy atom. The second kappa shape index (κ2) is 9.06. The second-order valence-electron chi connectivity index (χ2n) is 8.40. The largest absolute Gasteiger partial charge is 0.487 e. The number of esters is 1. The van der Waals surface area contributed by atoms with Crippen LogP contribution in [0.25, 0.3) is 6.08 Å². The lowest BCUT2D eigenvalue weighted by atomic mass is 9.78. The van der Waals surface area contributed by atoms with E-state index in [1.54, 1.807) is 24.5 Å². The number of nitrogens with zero attached hydrogens (tertiary/aromatic N) is 1. The molecular weight excluding hydrogens is 382 g/mol. The number of methoxy groups -OCH3 is 1. The Morgan fingerprint density at radius 3 is 2.70 bits per heavy atom. The second-order valence-corrected chi connectivity index (χ2v) is 8.40. The van der Waals surface area contributed by atoms with E-state index < -0.39 is 12.1 Å². The molecule has 1 aliphatic carbocycles. The fraction of sp³-hybridized carbons (Fsp3) is 0.458. The van der Waals surface area contributed by atoms with Gasteiger partial charge in [0.15, 0.2) is 0 Å². The van der Waals surface area contributed by atoms with Crippen molar-refractivity contribution in [3.05, 3.63) is 59.6 Å². The van der Waals surface area contributed by atoms with Crippen LogP contribution in [0.2, 0.25) is 0 Å². The van der Waals surface area contributed by atoms with Gasteiger partial charge in [0.05, 0.1) is 19.5 Å². The first kappa shape index (κ1) is 20.7. The number of hydrogen-bond donors (Lipinski definition) is 1. The summed E-state index contributed by atoms with van der Waals surface area (Å²) in [6.07, 6.45) is 4.38. The van der Waals surface area contributed by atoms with E-state index in [0.29, 0.717) is 29.6 Å². The van der Waals surface area contributed by atoms with Gasteiger partial charge < -0.3 is 19.0 Å². The summed E-state index contributed by atoms with van der Waals surface area (Å²) in [4.78, 5) is 14.5. The molecule has 1 aromatic carbocycles. The molecule has 1 aliphatic heterocycles. The number of ether oxygens (including phenoxy) is 2. The van der Waals surface area contributed by atoms with Crippen molar-refractivity contribution in [3.63, 3.8) is 0 Å². The van der Waals surface area contributed by atoms with Crippen LogP contribution in [0.1, 0.15) is 35.9 Å². The van der Waals surface area contributed by atoms with Crippen LogP contribution in [0.3, 0.4) is 0 Å². The number of aliphatic hydroxyl groups is 1. The molecule has 6 heteroatoms. The minimum Gasteiger partial charge on any atom is -0.487 e. The van der Waals surface area contributed by atoms with Crippen LogP contribution in [0.4, 0.5) is 0 Å². The lowest BCUT2D eigenvalue weighted by Crippen LogP contribution is -2.42. The topological polar surface area (TPSA) is 72.1 Å². The first-order chi connectivity index (χ1) is 14.5. The van der Waals surface area contributed by atoms with Gasteiger partial charge in [-0.05, 0) is 61.9 Å². The highest BCUT2D eigenvalue weighted by Crippen LogP contribution is 2.38. The van der Waals surface area contributed by atoms with E-state index in [1.165, 1.54) is 12.7 Å². The third-order valence-corrected chi connectivity index (χ3v) is 6.14. The summed E-state index contributed by atoms with van der Waals surface area (Å²) >= 11 is 0. The molecule has 160 valence electrons. The van der Waals surface area contributed by atoms with Crippen LogP contribution < -0.4 is 4.74 Å². The Morgan fingerprint density at radius 1 is 1.20 bits per heavy atom. The molecule has 4 atom stereocenters. The molecule has 2 aliphatic rings. The lowest BCUT2D eigenvalue weighted by Gasteiger charge is -2.35. The molecule has 1 saturated heterocycles. The number of para-hydroxylation sites is 1. The Labute approximate surface area is 177 Å². The summed E-state index contributed by atoms with van der Waals surface area (Å²) < 4.78 is 16.4. The standard InChI is InChI=1S/C24H29NO5/c1-16(10-19-6-5-9-29-19)13-25-14-17-11-21(26)23(12-18(17)15-25)30-22-8-4-3-7-20(22)24(27)28-2/h3-10,17-18,21,23,26H,11-15H2,1-2H3/b16-10+/t17-,18+,21+,23+/m0/s1.